The number of aliphatic carboxylic acids is 1. The third-order valence-electron chi connectivity index (χ3n) is 2.48. The van der Waals surface area contributed by atoms with Crippen LogP contribution in [0.25, 0.3) is 0 Å². The topological polar surface area (TPSA) is 74.6 Å². The molecule has 0 amide bonds. The van der Waals surface area contributed by atoms with E-state index in [9.17, 15) is 35.9 Å². The number of carbonyl (C=O) groups excluding carboxylic acids is 1. The highest BCUT2D eigenvalue weighted by Crippen LogP contribution is 2.40. The van der Waals surface area contributed by atoms with Crippen molar-refractivity contribution in [1.82, 2.24) is 0 Å². The smallest absolute Gasteiger partial charge is 0.417 e. The first-order valence-corrected chi connectivity index (χ1v) is 5.08. The molecule has 0 spiro atoms. The Morgan fingerprint density at radius 2 is 1.43 bits per heavy atom. The van der Waals surface area contributed by atoms with Crippen molar-refractivity contribution in [3.05, 3.63) is 34.4 Å². The molecule has 0 aliphatic rings. The summed E-state index contributed by atoms with van der Waals surface area (Å²) in [5.74, 6) is -2.03. The van der Waals surface area contributed by atoms with E-state index in [1.54, 1.807) is 0 Å². The van der Waals surface area contributed by atoms with Crippen molar-refractivity contribution in [3.8, 4) is 0 Å². The van der Waals surface area contributed by atoms with Crippen molar-refractivity contribution in [3.63, 3.8) is 0 Å². The highest BCUT2D eigenvalue weighted by atomic mass is 19.4. The van der Waals surface area contributed by atoms with E-state index in [2.05, 4.69) is 0 Å². The molecule has 1 rings (SSSR count). The molecule has 0 aliphatic carbocycles. The average Bonchev–Trinajstić information content (AvgIpc) is 2.33. The summed E-state index contributed by atoms with van der Waals surface area (Å²) in [6, 6.07) is -0.00444. The Hall–Kier alpha value is -2.10. The summed E-state index contributed by atoms with van der Waals surface area (Å²) in [4.78, 5) is 21.1. The van der Waals surface area contributed by atoms with E-state index in [4.69, 9.17) is 10.2 Å². The molecule has 0 bridgehead atoms. The summed E-state index contributed by atoms with van der Waals surface area (Å²) < 4.78 is 76.2. The number of aldehydes is 1. The van der Waals surface area contributed by atoms with Gasteiger partial charge < -0.3 is 10.2 Å². The van der Waals surface area contributed by atoms with Gasteiger partial charge in [-0.2, -0.15) is 26.3 Å². The van der Waals surface area contributed by atoms with Gasteiger partial charge in [0.15, 0.2) is 12.4 Å². The lowest BCUT2D eigenvalue weighted by Crippen LogP contribution is -2.19. The van der Waals surface area contributed by atoms with Crippen molar-refractivity contribution in [1.29, 1.82) is 0 Å². The number of benzene rings is 1. The molecule has 0 fully saturated rings. The summed E-state index contributed by atoms with van der Waals surface area (Å²) >= 11 is 0. The molecular formula is C11H6F6O4. The molecule has 4 nitrogen and oxygen atoms in total. The molecule has 0 aliphatic heterocycles. The van der Waals surface area contributed by atoms with E-state index >= 15 is 0 Å². The quantitative estimate of drug-likeness (QED) is 0.664. The second-order valence-electron chi connectivity index (χ2n) is 3.88. The third kappa shape index (κ3) is 3.51. The number of hydrogen-bond donors (Lipinski definition) is 2. The molecule has 1 unspecified atom stereocenters. The summed E-state index contributed by atoms with van der Waals surface area (Å²) in [6.45, 7) is 0. The predicted octanol–water partition coefficient (Wildman–Crippen LogP) is 2.65. The van der Waals surface area contributed by atoms with Crippen LogP contribution in [0.15, 0.2) is 12.1 Å². The molecule has 1 atom stereocenters. The number of halogens is 6. The summed E-state index contributed by atoms with van der Waals surface area (Å²) in [6.07, 6.45) is -13.9. The monoisotopic (exact) mass is 316 g/mol. The second kappa shape index (κ2) is 5.35. The largest absolute Gasteiger partial charge is 0.479 e. The molecule has 10 heteroatoms. The first kappa shape index (κ1) is 17.0. The lowest BCUT2D eigenvalue weighted by atomic mass is 9.95. The van der Waals surface area contributed by atoms with Crippen molar-refractivity contribution < 1.29 is 46.1 Å². The van der Waals surface area contributed by atoms with Crippen molar-refractivity contribution >= 4 is 12.3 Å². The fourth-order valence-corrected chi connectivity index (χ4v) is 1.57. The van der Waals surface area contributed by atoms with Crippen LogP contribution in [0.2, 0.25) is 0 Å². The Kier molecular flexibility index (Phi) is 4.32. The maximum atomic E-state index is 12.7. The number of aliphatic hydroxyl groups is 1. The SMILES string of the molecule is O=Cc1c(C(F)(F)F)cc(C(O)C(=O)O)cc1C(F)(F)F. The van der Waals surface area contributed by atoms with E-state index in [0.29, 0.717) is 0 Å². The van der Waals surface area contributed by atoms with Crippen LogP contribution in [-0.2, 0) is 17.1 Å². The first-order chi connectivity index (χ1) is 9.39. The molecule has 116 valence electrons. The highest BCUT2D eigenvalue weighted by Gasteiger charge is 2.42. The molecule has 0 aromatic heterocycles. The van der Waals surface area contributed by atoms with Gasteiger partial charge in [0.05, 0.1) is 11.1 Å². The summed E-state index contributed by atoms with van der Waals surface area (Å²) in [7, 11) is 0. The zero-order chi connectivity index (χ0) is 16.6. The Labute approximate surface area is 112 Å². The molecular weight excluding hydrogens is 310 g/mol. The molecule has 1 aromatic carbocycles. The van der Waals surface area contributed by atoms with Gasteiger partial charge >= 0.3 is 18.3 Å². The van der Waals surface area contributed by atoms with Crippen LogP contribution >= 0.6 is 0 Å². The number of carboxylic acids is 1. The van der Waals surface area contributed by atoms with Crippen molar-refractivity contribution in [2.45, 2.75) is 18.5 Å². The van der Waals surface area contributed by atoms with Gasteiger partial charge in [0.25, 0.3) is 0 Å². The Balaban J connectivity index is 3.75. The minimum Gasteiger partial charge on any atom is -0.479 e. The van der Waals surface area contributed by atoms with Gasteiger partial charge in [-0.25, -0.2) is 4.79 Å². The molecule has 0 radical (unpaired) electrons. The molecule has 21 heavy (non-hydrogen) atoms. The van der Waals surface area contributed by atoms with Crippen LogP contribution in [0.5, 0.6) is 0 Å². The van der Waals surface area contributed by atoms with E-state index in [-0.39, 0.29) is 12.1 Å². The zero-order valence-electron chi connectivity index (χ0n) is 9.79. The normalized spacial score (nSPS) is 13.9. The number of carboxylic acid groups (broad SMARTS) is 1. The van der Waals surface area contributed by atoms with Gasteiger partial charge in [-0.3, -0.25) is 4.79 Å². The van der Waals surface area contributed by atoms with E-state index in [1.165, 1.54) is 0 Å². The lowest BCUT2D eigenvalue weighted by molar-refractivity contribution is -0.149. The van der Waals surface area contributed by atoms with Crippen LogP contribution in [0, 0.1) is 0 Å². The van der Waals surface area contributed by atoms with Crippen LogP contribution in [0.4, 0.5) is 26.3 Å². The second-order valence-corrected chi connectivity index (χ2v) is 3.88. The van der Waals surface area contributed by atoms with Crippen LogP contribution in [0.1, 0.15) is 33.2 Å². The van der Waals surface area contributed by atoms with E-state index in [1.807, 2.05) is 0 Å². The number of rotatable bonds is 3. The number of alkyl halides is 6. The molecule has 2 N–H and O–H groups in total. The van der Waals surface area contributed by atoms with Gasteiger partial charge in [-0.15, -0.1) is 0 Å². The minimum absolute atomic E-state index is 0.00222. The molecule has 0 saturated carbocycles. The minimum atomic E-state index is -5.33. The fraction of sp³-hybridized carbons (Fsp3) is 0.273. The van der Waals surface area contributed by atoms with Crippen LogP contribution in [0.3, 0.4) is 0 Å². The van der Waals surface area contributed by atoms with Crippen LogP contribution < -0.4 is 0 Å². The molecule has 0 heterocycles. The van der Waals surface area contributed by atoms with E-state index < -0.39 is 53.0 Å². The van der Waals surface area contributed by atoms with E-state index in [0.717, 1.165) is 0 Å². The summed E-state index contributed by atoms with van der Waals surface area (Å²) in [5, 5.41) is 17.6. The number of hydrogen-bond acceptors (Lipinski definition) is 3. The molecule has 0 saturated heterocycles. The standard InChI is InChI=1S/C11H6F6O4/c12-10(13,14)6-1-4(8(19)9(20)21)2-7(5(6)3-18)11(15,16)17/h1-3,8,19H,(H,20,21). The lowest BCUT2D eigenvalue weighted by Gasteiger charge is -2.18. The third-order valence-corrected chi connectivity index (χ3v) is 2.48. The van der Waals surface area contributed by atoms with Gasteiger partial charge in [-0.1, -0.05) is 0 Å². The maximum Gasteiger partial charge on any atom is 0.417 e. The van der Waals surface area contributed by atoms with Crippen molar-refractivity contribution in [2.75, 3.05) is 0 Å². The number of aliphatic hydroxyl groups excluding tert-OH is 1. The fourth-order valence-electron chi connectivity index (χ4n) is 1.57. The highest BCUT2D eigenvalue weighted by molar-refractivity contribution is 5.82. The maximum absolute atomic E-state index is 12.7. The van der Waals surface area contributed by atoms with Gasteiger partial charge in [0.1, 0.15) is 0 Å². The number of carbonyl (C=O) groups is 2. The summed E-state index contributed by atoms with van der Waals surface area (Å²) in [5.41, 5.74) is -6.74. The van der Waals surface area contributed by atoms with Crippen LogP contribution in [-0.4, -0.2) is 22.5 Å². The Bertz CT molecular complexity index is 540. The first-order valence-electron chi connectivity index (χ1n) is 5.08. The Morgan fingerprint density at radius 3 is 1.67 bits per heavy atom. The molecule has 1 aromatic rings. The van der Waals surface area contributed by atoms with Gasteiger partial charge in [-0.05, 0) is 17.7 Å². The van der Waals surface area contributed by atoms with Crippen molar-refractivity contribution in [2.24, 2.45) is 0 Å². The predicted molar refractivity (Wildman–Crippen MR) is 54.4 cm³/mol. The van der Waals surface area contributed by atoms with Gasteiger partial charge in [0.2, 0.25) is 0 Å². The zero-order valence-corrected chi connectivity index (χ0v) is 9.79. The Morgan fingerprint density at radius 1 is 1.05 bits per heavy atom. The average molecular weight is 316 g/mol. The van der Waals surface area contributed by atoms with Gasteiger partial charge in [0, 0.05) is 5.56 Å².